The number of nitrogens with zero attached hydrogens (tertiary/aromatic N) is 2. The molecule has 0 aliphatic carbocycles. The Morgan fingerprint density at radius 3 is 2.63 bits per heavy atom. The minimum Gasteiger partial charge on any atom is -0.481 e. The van der Waals surface area contributed by atoms with Crippen molar-refractivity contribution >= 4 is 5.97 Å². The van der Waals surface area contributed by atoms with E-state index in [1.807, 2.05) is 6.07 Å². The third-order valence-electron chi connectivity index (χ3n) is 2.86. The van der Waals surface area contributed by atoms with Crippen molar-refractivity contribution in [3.63, 3.8) is 0 Å². The number of benzene rings is 1. The highest BCUT2D eigenvalue weighted by Gasteiger charge is 2.21. The zero-order valence-corrected chi connectivity index (χ0v) is 10.5. The van der Waals surface area contributed by atoms with Gasteiger partial charge in [0.2, 0.25) is 0 Å². The number of carbonyl (C=O) groups is 1. The SMILES string of the molecule is Cc1cnn(CC(C(=O)O)c2ccccc2)c(=O)c1. The Morgan fingerprint density at radius 1 is 1.37 bits per heavy atom. The van der Waals surface area contributed by atoms with Crippen molar-refractivity contribution in [1.29, 1.82) is 0 Å². The van der Waals surface area contributed by atoms with Gasteiger partial charge in [0, 0.05) is 6.07 Å². The lowest BCUT2D eigenvalue weighted by molar-refractivity contribution is -0.139. The first kappa shape index (κ1) is 13.0. The molecule has 5 heteroatoms. The molecule has 0 spiro atoms. The van der Waals surface area contributed by atoms with Gasteiger partial charge in [0.15, 0.2) is 0 Å². The van der Waals surface area contributed by atoms with Gasteiger partial charge in [-0.25, -0.2) is 4.68 Å². The number of aliphatic carboxylic acids is 1. The van der Waals surface area contributed by atoms with Crippen molar-refractivity contribution in [3.05, 3.63) is 64.1 Å². The van der Waals surface area contributed by atoms with Gasteiger partial charge < -0.3 is 5.11 Å². The minimum absolute atomic E-state index is 0.0263. The van der Waals surface area contributed by atoms with E-state index in [2.05, 4.69) is 5.10 Å². The second-order valence-electron chi connectivity index (χ2n) is 4.35. The Labute approximate surface area is 110 Å². The summed E-state index contributed by atoms with van der Waals surface area (Å²) in [5, 5.41) is 13.3. The Bertz CT molecular complexity index is 635. The van der Waals surface area contributed by atoms with Gasteiger partial charge in [0.05, 0.1) is 12.7 Å². The topological polar surface area (TPSA) is 72.2 Å². The third-order valence-corrected chi connectivity index (χ3v) is 2.86. The molecule has 1 aromatic carbocycles. The van der Waals surface area contributed by atoms with Gasteiger partial charge in [-0.05, 0) is 18.1 Å². The maximum absolute atomic E-state index is 11.7. The molecule has 1 N–H and O–H groups in total. The van der Waals surface area contributed by atoms with Crippen LogP contribution in [-0.4, -0.2) is 20.9 Å². The van der Waals surface area contributed by atoms with Crippen LogP contribution in [0.3, 0.4) is 0 Å². The highest BCUT2D eigenvalue weighted by atomic mass is 16.4. The molecule has 98 valence electrons. The van der Waals surface area contributed by atoms with Crippen molar-refractivity contribution in [2.24, 2.45) is 0 Å². The smallest absolute Gasteiger partial charge is 0.312 e. The van der Waals surface area contributed by atoms with E-state index in [0.29, 0.717) is 5.56 Å². The Hall–Kier alpha value is -2.43. The number of aryl methyl sites for hydroxylation is 1. The first-order chi connectivity index (χ1) is 9.08. The molecule has 0 amide bonds. The number of carboxylic acids is 1. The van der Waals surface area contributed by atoms with Crippen LogP contribution in [0.4, 0.5) is 0 Å². The van der Waals surface area contributed by atoms with Crippen LogP contribution in [0.5, 0.6) is 0 Å². The lowest BCUT2D eigenvalue weighted by atomic mass is 9.99. The van der Waals surface area contributed by atoms with E-state index in [4.69, 9.17) is 0 Å². The molecule has 5 nitrogen and oxygen atoms in total. The van der Waals surface area contributed by atoms with Crippen molar-refractivity contribution in [2.75, 3.05) is 0 Å². The van der Waals surface area contributed by atoms with Gasteiger partial charge in [0.25, 0.3) is 5.56 Å². The van der Waals surface area contributed by atoms with E-state index in [1.54, 1.807) is 37.4 Å². The summed E-state index contributed by atoms with van der Waals surface area (Å²) in [6, 6.07) is 10.3. The van der Waals surface area contributed by atoms with Gasteiger partial charge in [-0.15, -0.1) is 0 Å². The number of carboxylic acid groups (broad SMARTS) is 1. The fraction of sp³-hybridized carbons (Fsp3) is 0.214. The number of hydrogen-bond donors (Lipinski definition) is 1. The predicted octanol–water partition coefficient (Wildman–Crippen LogP) is 1.42. The first-order valence-electron chi connectivity index (χ1n) is 5.89. The Kier molecular flexibility index (Phi) is 3.75. The maximum atomic E-state index is 11.7. The summed E-state index contributed by atoms with van der Waals surface area (Å²) in [5.74, 6) is -1.76. The fourth-order valence-corrected chi connectivity index (χ4v) is 1.85. The summed E-state index contributed by atoms with van der Waals surface area (Å²) in [6.45, 7) is 1.79. The molecule has 0 fully saturated rings. The van der Waals surface area contributed by atoms with Crippen LogP contribution in [-0.2, 0) is 11.3 Å². The summed E-state index contributed by atoms with van der Waals surface area (Å²) in [6.07, 6.45) is 1.55. The standard InChI is InChI=1S/C14H14N2O3/c1-10-7-13(17)16(15-8-10)9-12(14(18)19)11-5-3-2-4-6-11/h2-8,12H,9H2,1H3,(H,18,19). The van der Waals surface area contributed by atoms with Crippen molar-refractivity contribution < 1.29 is 9.90 Å². The molecule has 0 aliphatic rings. The van der Waals surface area contributed by atoms with Crippen molar-refractivity contribution in [2.45, 2.75) is 19.4 Å². The van der Waals surface area contributed by atoms with E-state index in [-0.39, 0.29) is 12.1 Å². The predicted molar refractivity (Wildman–Crippen MR) is 70.1 cm³/mol. The van der Waals surface area contributed by atoms with Crippen LogP contribution in [0.25, 0.3) is 0 Å². The molecule has 0 bridgehead atoms. The average molecular weight is 258 g/mol. The molecule has 0 radical (unpaired) electrons. The number of hydrogen-bond acceptors (Lipinski definition) is 3. The summed E-state index contributed by atoms with van der Waals surface area (Å²) in [7, 11) is 0. The maximum Gasteiger partial charge on any atom is 0.312 e. The molecule has 2 aromatic rings. The fourth-order valence-electron chi connectivity index (χ4n) is 1.85. The second-order valence-corrected chi connectivity index (χ2v) is 4.35. The van der Waals surface area contributed by atoms with E-state index >= 15 is 0 Å². The lowest BCUT2D eigenvalue weighted by Gasteiger charge is -2.13. The van der Waals surface area contributed by atoms with Gasteiger partial charge in [-0.2, -0.15) is 5.10 Å². The number of aromatic nitrogens is 2. The largest absolute Gasteiger partial charge is 0.481 e. The zero-order chi connectivity index (χ0) is 13.8. The third kappa shape index (κ3) is 3.07. The zero-order valence-electron chi connectivity index (χ0n) is 10.5. The van der Waals surface area contributed by atoms with Gasteiger partial charge in [-0.3, -0.25) is 9.59 Å². The highest BCUT2D eigenvalue weighted by Crippen LogP contribution is 2.17. The Balaban J connectivity index is 2.32. The van der Waals surface area contributed by atoms with E-state index in [1.165, 1.54) is 10.7 Å². The van der Waals surface area contributed by atoms with Crippen LogP contribution in [0, 0.1) is 6.92 Å². The average Bonchev–Trinajstić information content (AvgIpc) is 2.38. The molecular formula is C14H14N2O3. The molecule has 1 heterocycles. The summed E-state index contributed by atoms with van der Waals surface area (Å²) in [4.78, 5) is 23.1. The molecule has 19 heavy (non-hydrogen) atoms. The molecule has 0 aliphatic heterocycles. The van der Waals surface area contributed by atoms with Crippen LogP contribution >= 0.6 is 0 Å². The molecule has 1 unspecified atom stereocenters. The molecule has 1 atom stereocenters. The van der Waals surface area contributed by atoms with Crippen LogP contribution in [0.2, 0.25) is 0 Å². The minimum atomic E-state index is -0.972. The van der Waals surface area contributed by atoms with Crippen LogP contribution in [0.15, 0.2) is 47.4 Å². The second kappa shape index (κ2) is 5.48. The number of rotatable bonds is 4. The normalized spacial score (nSPS) is 12.1. The summed E-state index contributed by atoms with van der Waals surface area (Å²) in [5.41, 5.74) is 1.12. The molecular weight excluding hydrogens is 244 g/mol. The quantitative estimate of drug-likeness (QED) is 0.900. The monoisotopic (exact) mass is 258 g/mol. The van der Waals surface area contributed by atoms with Crippen molar-refractivity contribution in [1.82, 2.24) is 9.78 Å². The van der Waals surface area contributed by atoms with E-state index in [9.17, 15) is 14.7 Å². The Morgan fingerprint density at radius 2 is 2.05 bits per heavy atom. The van der Waals surface area contributed by atoms with Crippen LogP contribution < -0.4 is 5.56 Å². The summed E-state index contributed by atoms with van der Waals surface area (Å²) < 4.78 is 1.18. The molecule has 0 saturated heterocycles. The first-order valence-corrected chi connectivity index (χ1v) is 5.89. The van der Waals surface area contributed by atoms with Gasteiger partial charge in [0.1, 0.15) is 5.92 Å². The highest BCUT2D eigenvalue weighted by molar-refractivity contribution is 5.75. The van der Waals surface area contributed by atoms with Crippen molar-refractivity contribution in [3.8, 4) is 0 Å². The van der Waals surface area contributed by atoms with Gasteiger partial charge in [-0.1, -0.05) is 30.3 Å². The van der Waals surface area contributed by atoms with Gasteiger partial charge >= 0.3 is 5.97 Å². The van der Waals surface area contributed by atoms with E-state index < -0.39 is 11.9 Å². The molecule has 0 saturated carbocycles. The van der Waals surface area contributed by atoms with E-state index in [0.717, 1.165) is 5.56 Å². The molecule has 1 aromatic heterocycles. The lowest BCUT2D eigenvalue weighted by Crippen LogP contribution is -2.28. The molecule has 2 rings (SSSR count). The van der Waals surface area contributed by atoms with Crippen LogP contribution in [0.1, 0.15) is 17.0 Å². The summed E-state index contributed by atoms with van der Waals surface area (Å²) >= 11 is 0.